The molecule has 0 bridgehead atoms. The number of benzene rings is 1. The molecule has 19 heavy (non-hydrogen) atoms. The highest BCUT2D eigenvalue weighted by Crippen LogP contribution is 2.24. The molecular weight excluding hydrogens is 357 g/mol. The van der Waals surface area contributed by atoms with Crippen LogP contribution in [-0.2, 0) is 0 Å². The summed E-state index contributed by atoms with van der Waals surface area (Å²) in [6, 6.07) is 7.08. The molecule has 2 heterocycles. The van der Waals surface area contributed by atoms with E-state index >= 15 is 0 Å². The van der Waals surface area contributed by atoms with E-state index in [1.165, 1.54) is 6.33 Å². The van der Waals surface area contributed by atoms with Crippen molar-refractivity contribution in [1.82, 2.24) is 19.7 Å². The Labute approximate surface area is 121 Å². The fourth-order valence-corrected chi connectivity index (χ4v) is 2.54. The molecule has 0 fully saturated rings. The maximum absolute atomic E-state index is 10.7. The summed E-state index contributed by atoms with van der Waals surface area (Å²) < 4.78 is 2.43. The van der Waals surface area contributed by atoms with Crippen LogP contribution >= 0.6 is 22.6 Å². The average molecular weight is 365 g/mol. The Morgan fingerprint density at radius 3 is 2.63 bits per heavy atom. The van der Waals surface area contributed by atoms with Crippen molar-refractivity contribution >= 4 is 45.7 Å². The third kappa shape index (κ3) is 1.95. The van der Waals surface area contributed by atoms with Gasteiger partial charge in [-0.2, -0.15) is 5.10 Å². The van der Waals surface area contributed by atoms with Crippen molar-refractivity contribution in [3.05, 3.63) is 39.9 Å². The second kappa shape index (κ2) is 4.57. The van der Waals surface area contributed by atoms with Gasteiger partial charge in [0.25, 0.3) is 0 Å². The third-order valence-corrected chi connectivity index (χ3v) is 3.48. The minimum absolute atomic E-state index is 0.408. The number of carbonyl (C=O) groups excluding carboxylic acids is 1. The molecular formula is C12H8IN5O. The number of aldehydes is 1. The molecule has 0 spiro atoms. The molecule has 2 N–H and O–H groups in total. The van der Waals surface area contributed by atoms with Gasteiger partial charge < -0.3 is 5.73 Å². The van der Waals surface area contributed by atoms with Crippen LogP contribution in [0.2, 0.25) is 0 Å². The van der Waals surface area contributed by atoms with E-state index in [0.29, 0.717) is 17.0 Å². The molecule has 2 aromatic heterocycles. The Bertz CT molecular complexity index is 766. The molecule has 3 rings (SSSR count). The fourth-order valence-electron chi connectivity index (χ4n) is 1.81. The Balaban J connectivity index is 2.24. The van der Waals surface area contributed by atoms with E-state index in [1.54, 1.807) is 16.8 Å². The SMILES string of the molecule is Nc1ncnc2c1c(I)nn2-c1ccc(C=O)cc1. The zero-order valence-corrected chi connectivity index (χ0v) is 11.8. The molecule has 0 aliphatic carbocycles. The van der Waals surface area contributed by atoms with Gasteiger partial charge in [-0.25, -0.2) is 14.6 Å². The summed E-state index contributed by atoms with van der Waals surface area (Å²) in [4.78, 5) is 18.8. The highest BCUT2D eigenvalue weighted by atomic mass is 127. The number of anilines is 1. The summed E-state index contributed by atoms with van der Waals surface area (Å²) in [6.07, 6.45) is 2.21. The van der Waals surface area contributed by atoms with Crippen molar-refractivity contribution in [2.75, 3.05) is 5.73 Å². The molecule has 94 valence electrons. The first-order valence-electron chi connectivity index (χ1n) is 5.41. The molecule has 0 aliphatic rings. The number of carbonyl (C=O) groups is 1. The van der Waals surface area contributed by atoms with Crippen molar-refractivity contribution in [2.45, 2.75) is 0 Å². The Hall–Kier alpha value is -2.03. The van der Waals surface area contributed by atoms with E-state index < -0.39 is 0 Å². The standard InChI is InChI=1S/C12H8IN5O/c13-10-9-11(14)15-6-16-12(9)18(17-10)8-3-1-7(5-19)2-4-8/h1-6H,(H2,14,15,16). The number of nitrogens with zero attached hydrogens (tertiary/aromatic N) is 4. The summed E-state index contributed by atoms with van der Waals surface area (Å²) >= 11 is 2.10. The fraction of sp³-hybridized carbons (Fsp3) is 0. The Morgan fingerprint density at radius 2 is 1.95 bits per heavy atom. The second-order valence-corrected chi connectivity index (χ2v) is 4.89. The van der Waals surface area contributed by atoms with Crippen LogP contribution in [-0.4, -0.2) is 26.0 Å². The van der Waals surface area contributed by atoms with Gasteiger partial charge in [0.15, 0.2) is 5.65 Å². The van der Waals surface area contributed by atoms with Crippen molar-refractivity contribution < 1.29 is 4.79 Å². The van der Waals surface area contributed by atoms with E-state index in [1.807, 2.05) is 12.1 Å². The number of fused-ring (bicyclic) bond motifs is 1. The largest absolute Gasteiger partial charge is 0.383 e. The monoisotopic (exact) mass is 365 g/mol. The van der Waals surface area contributed by atoms with Gasteiger partial charge in [0.05, 0.1) is 11.1 Å². The Kier molecular flexibility index (Phi) is 2.90. The van der Waals surface area contributed by atoms with Crippen LogP contribution in [0.1, 0.15) is 10.4 Å². The summed E-state index contributed by atoms with van der Waals surface area (Å²) in [5, 5.41) is 5.15. The first kappa shape index (κ1) is 12.0. The van der Waals surface area contributed by atoms with E-state index in [-0.39, 0.29) is 0 Å². The number of rotatable bonds is 2. The molecule has 3 aromatic rings. The molecule has 0 atom stereocenters. The zero-order valence-electron chi connectivity index (χ0n) is 9.62. The molecule has 0 aliphatic heterocycles. The number of halogens is 1. The highest BCUT2D eigenvalue weighted by molar-refractivity contribution is 14.1. The maximum atomic E-state index is 10.7. The van der Waals surface area contributed by atoms with E-state index in [9.17, 15) is 4.79 Å². The van der Waals surface area contributed by atoms with Gasteiger partial charge in [-0.15, -0.1) is 0 Å². The van der Waals surface area contributed by atoms with Crippen molar-refractivity contribution in [3.63, 3.8) is 0 Å². The Morgan fingerprint density at radius 1 is 1.21 bits per heavy atom. The first-order valence-corrected chi connectivity index (χ1v) is 6.49. The van der Waals surface area contributed by atoms with Crippen LogP contribution < -0.4 is 5.73 Å². The predicted octanol–water partition coefficient (Wildman–Crippen LogP) is 1.81. The van der Waals surface area contributed by atoms with Gasteiger partial charge >= 0.3 is 0 Å². The number of hydrogen-bond acceptors (Lipinski definition) is 5. The smallest absolute Gasteiger partial charge is 0.169 e. The van der Waals surface area contributed by atoms with Crippen LogP contribution in [0.5, 0.6) is 0 Å². The molecule has 0 radical (unpaired) electrons. The summed E-state index contributed by atoms with van der Waals surface area (Å²) in [7, 11) is 0. The number of hydrogen-bond donors (Lipinski definition) is 1. The van der Waals surface area contributed by atoms with Crippen LogP contribution in [0.15, 0.2) is 30.6 Å². The van der Waals surface area contributed by atoms with Crippen molar-refractivity contribution in [1.29, 1.82) is 0 Å². The van der Waals surface area contributed by atoms with Gasteiger partial charge in [-0.1, -0.05) is 0 Å². The zero-order chi connectivity index (χ0) is 13.4. The van der Waals surface area contributed by atoms with Gasteiger partial charge in [-0.3, -0.25) is 4.79 Å². The summed E-state index contributed by atoms with van der Waals surface area (Å²) in [5.74, 6) is 0.408. The van der Waals surface area contributed by atoms with Gasteiger partial charge in [0.1, 0.15) is 22.1 Å². The molecule has 6 nitrogen and oxygen atoms in total. The van der Waals surface area contributed by atoms with Crippen LogP contribution in [0.4, 0.5) is 5.82 Å². The lowest BCUT2D eigenvalue weighted by atomic mass is 10.2. The molecule has 0 saturated carbocycles. The van der Waals surface area contributed by atoms with Crippen LogP contribution in [0.3, 0.4) is 0 Å². The van der Waals surface area contributed by atoms with E-state index in [2.05, 4.69) is 37.7 Å². The van der Waals surface area contributed by atoms with Crippen LogP contribution in [0.25, 0.3) is 16.7 Å². The lowest BCUT2D eigenvalue weighted by Gasteiger charge is -2.02. The first-order chi connectivity index (χ1) is 9.20. The van der Waals surface area contributed by atoms with Crippen molar-refractivity contribution in [3.8, 4) is 5.69 Å². The predicted molar refractivity (Wildman–Crippen MR) is 79.2 cm³/mol. The summed E-state index contributed by atoms with van der Waals surface area (Å²) in [5.41, 5.74) is 7.92. The lowest BCUT2D eigenvalue weighted by Crippen LogP contribution is -1.99. The van der Waals surface area contributed by atoms with Gasteiger partial charge in [-0.05, 0) is 46.9 Å². The van der Waals surface area contributed by atoms with Crippen LogP contribution in [0, 0.1) is 3.70 Å². The molecule has 0 amide bonds. The topological polar surface area (TPSA) is 86.7 Å². The average Bonchev–Trinajstić information content (AvgIpc) is 2.78. The maximum Gasteiger partial charge on any atom is 0.169 e. The molecule has 1 aromatic carbocycles. The summed E-state index contributed by atoms with van der Waals surface area (Å²) in [6.45, 7) is 0. The van der Waals surface area contributed by atoms with Gasteiger partial charge in [0, 0.05) is 5.56 Å². The quantitative estimate of drug-likeness (QED) is 0.553. The minimum Gasteiger partial charge on any atom is -0.383 e. The number of nitrogen functional groups attached to an aromatic ring is 1. The normalized spacial score (nSPS) is 10.8. The number of nitrogens with two attached hydrogens (primary N) is 1. The third-order valence-electron chi connectivity index (χ3n) is 2.73. The molecule has 7 heteroatoms. The molecule has 0 unspecified atom stereocenters. The molecule has 0 saturated heterocycles. The minimum atomic E-state index is 0.408. The van der Waals surface area contributed by atoms with E-state index in [0.717, 1.165) is 21.1 Å². The van der Waals surface area contributed by atoms with Gasteiger partial charge in [0.2, 0.25) is 0 Å². The second-order valence-electron chi connectivity index (χ2n) is 3.87. The number of aromatic nitrogens is 4. The highest BCUT2D eigenvalue weighted by Gasteiger charge is 2.14. The van der Waals surface area contributed by atoms with Crippen molar-refractivity contribution in [2.24, 2.45) is 0 Å². The van der Waals surface area contributed by atoms with E-state index in [4.69, 9.17) is 5.73 Å². The lowest BCUT2D eigenvalue weighted by molar-refractivity contribution is 0.112.